The number of hydrogen-bond acceptors (Lipinski definition) is 1. The van der Waals surface area contributed by atoms with E-state index >= 15 is 0 Å². The van der Waals surface area contributed by atoms with Gasteiger partial charge in [0.2, 0.25) is 5.91 Å². The Kier molecular flexibility index (Phi) is 4.84. The average Bonchev–Trinajstić information content (AvgIpc) is 2.80. The number of carbonyl (C=O) groups is 1. The molecule has 2 aromatic carbocycles. The van der Waals surface area contributed by atoms with E-state index in [9.17, 15) is 18.0 Å². The maximum atomic E-state index is 12.8. The molecule has 3 rings (SSSR count). The highest BCUT2D eigenvalue weighted by atomic mass is 19.4. The molecule has 1 unspecified atom stereocenters. The molecule has 1 aliphatic heterocycles. The highest BCUT2D eigenvalue weighted by Crippen LogP contribution is 2.34. The molecule has 1 heterocycles. The fraction of sp³-hybridized carbons (Fsp3) is 0.350. The molecular formula is C20H20F3NO. The monoisotopic (exact) mass is 347 g/mol. The predicted octanol–water partition coefficient (Wildman–Crippen LogP) is 4.63. The number of rotatable bonds is 2. The SMILES string of the molecule is CCC(=O)N1CCc2ccccc2C(c2ccc(C(F)(F)F)cc2)C1. The van der Waals surface area contributed by atoms with Crippen LogP contribution in [0.1, 0.15) is 41.5 Å². The molecule has 0 aliphatic carbocycles. The minimum absolute atomic E-state index is 0.0738. The summed E-state index contributed by atoms with van der Waals surface area (Å²) < 4.78 is 38.5. The molecule has 2 aromatic rings. The van der Waals surface area contributed by atoms with Crippen LogP contribution in [0.5, 0.6) is 0 Å². The van der Waals surface area contributed by atoms with E-state index in [0.717, 1.165) is 35.2 Å². The van der Waals surface area contributed by atoms with Crippen LogP contribution in [0, 0.1) is 0 Å². The molecule has 0 radical (unpaired) electrons. The fourth-order valence-electron chi connectivity index (χ4n) is 3.41. The van der Waals surface area contributed by atoms with E-state index in [4.69, 9.17) is 0 Å². The Bertz CT molecular complexity index is 752. The highest BCUT2D eigenvalue weighted by molar-refractivity contribution is 5.76. The van der Waals surface area contributed by atoms with Crippen molar-refractivity contribution in [2.45, 2.75) is 31.9 Å². The van der Waals surface area contributed by atoms with Gasteiger partial charge < -0.3 is 4.90 Å². The third-order valence-corrected chi connectivity index (χ3v) is 4.78. The van der Waals surface area contributed by atoms with Crippen molar-refractivity contribution in [1.82, 2.24) is 4.90 Å². The first-order valence-electron chi connectivity index (χ1n) is 8.43. The summed E-state index contributed by atoms with van der Waals surface area (Å²) >= 11 is 0. The molecule has 1 aliphatic rings. The molecule has 25 heavy (non-hydrogen) atoms. The van der Waals surface area contributed by atoms with Crippen LogP contribution < -0.4 is 0 Å². The molecule has 0 aromatic heterocycles. The molecule has 0 bridgehead atoms. The second-order valence-corrected chi connectivity index (χ2v) is 6.31. The maximum absolute atomic E-state index is 12.8. The van der Waals surface area contributed by atoms with Gasteiger partial charge in [0.15, 0.2) is 0 Å². The summed E-state index contributed by atoms with van der Waals surface area (Å²) in [5, 5.41) is 0. The third kappa shape index (κ3) is 3.70. The van der Waals surface area contributed by atoms with E-state index in [1.807, 2.05) is 36.1 Å². The molecule has 0 spiro atoms. The smallest absolute Gasteiger partial charge is 0.341 e. The van der Waals surface area contributed by atoms with Crippen molar-refractivity contribution >= 4 is 5.91 Å². The zero-order chi connectivity index (χ0) is 18.0. The summed E-state index contributed by atoms with van der Waals surface area (Å²) in [6, 6.07) is 13.2. The van der Waals surface area contributed by atoms with Crippen LogP contribution >= 0.6 is 0 Å². The summed E-state index contributed by atoms with van der Waals surface area (Å²) in [4.78, 5) is 14.0. The van der Waals surface area contributed by atoms with Gasteiger partial charge in [0.1, 0.15) is 0 Å². The van der Waals surface area contributed by atoms with E-state index in [0.29, 0.717) is 19.5 Å². The van der Waals surface area contributed by atoms with Gasteiger partial charge in [0.05, 0.1) is 5.56 Å². The van der Waals surface area contributed by atoms with Crippen molar-refractivity contribution < 1.29 is 18.0 Å². The summed E-state index contributed by atoms with van der Waals surface area (Å²) in [6.07, 6.45) is -3.15. The van der Waals surface area contributed by atoms with Crippen LogP contribution in [-0.2, 0) is 17.4 Å². The van der Waals surface area contributed by atoms with Gasteiger partial charge in [0.25, 0.3) is 0 Å². The van der Waals surface area contributed by atoms with E-state index < -0.39 is 11.7 Å². The zero-order valence-electron chi connectivity index (χ0n) is 14.0. The number of benzene rings is 2. The lowest BCUT2D eigenvalue weighted by Crippen LogP contribution is -2.34. The lowest BCUT2D eigenvalue weighted by molar-refractivity contribution is -0.137. The van der Waals surface area contributed by atoms with Gasteiger partial charge in [-0.05, 0) is 35.2 Å². The molecule has 0 saturated heterocycles. The normalized spacial score (nSPS) is 17.8. The van der Waals surface area contributed by atoms with E-state index in [1.54, 1.807) is 0 Å². The molecule has 1 atom stereocenters. The average molecular weight is 347 g/mol. The number of amides is 1. The first kappa shape index (κ1) is 17.5. The van der Waals surface area contributed by atoms with Crippen molar-refractivity contribution in [3.63, 3.8) is 0 Å². The molecule has 5 heteroatoms. The van der Waals surface area contributed by atoms with Crippen LogP contribution in [0.15, 0.2) is 48.5 Å². The second-order valence-electron chi connectivity index (χ2n) is 6.31. The van der Waals surface area contributed by atoms with Gasteiger partial charge in [-0.3, -0.25) is 4.79 Å². The minimum Gasteiger partial charge on any atom is -0.341 e. The van der Waals surface area contributed by atoms with Gasteiger partial charge >= 0.3 is 6.18 Å². The Labute approximate surface area is 145 Å². The van der Waals surface area contributed by atoms with Crippen LogP contribution in [0.25, 0.3) is 0 Å². The van der Waals surface area contributed by atoms with E-state index in [1.165, 1.54) is 12.1 Å². The number of nitrogens with zero attached hydrogens (tertiary/aromatic N) is 1. The first-order chi connectivity index (χ1) is 11.9. The second kappa shape index (κ2) is 6.90. The molecule has 0 saturated carbocycles. The minimum atomic E-state index is -4.34. The Balaban J connectivity index is 1.99. The molecule has 1 amide bonds. The highest BCUT2D eigenvalue weighted by Gasteiger charge is 2.31. The molecule has 132 valence electrons. The zero-order valence-corrected chi connectivity index (χ0v) is 14.0. The molecule has 0 N–H and O–H groups in total. The van der Waals surface area contributed by atoms with Crippen LogP contribution in [0.2, 0.25) is 0 Å². The summed E-state index contributed by atoms with van der Waals surface area (Å²) in [7, 11) is 0. The Morgan fingerprint density at radius 3 is 2.44 bits per heavy atom. The van der Waals surface area contributed by atoms with Gasteiger partial charge in [-0.2, -0.15) is 13.2 Å². The van der Waals surface area contributed by atoms with Crippen molar-refractivity contribution in [3.05, 3.63) is 70.8 Å². The van der Waals surface area contributed by atoms with Gasteiger partial charge in [0, 0.05) is 25.4 Å². The summed E-state index contributed by atoms with van der Waals surface area (Å²) in [5.74, 6) is -0.0406. The largest absolute Gasteiger partial charge is 0.416 e. The maximum Gasteiger partial charge on any atom is 0.416 e. The number of hydrogen-bond donors (Lipinski definition) is 0. The van der Waals surface area contributed by atoms with Gasteiger partial charge in [-0.25, -0.2) is 0 Å². The van der Waals surface area contributed by atoms with Crippen LogP contribution in [0.3, 0.4) is 0 Å². The Morgan fingerprint density at radius 1 is 1.12 bits per heavy atom. The topological polar surface area (TPSA) is 20.3 Å². The van der Waals surface area contributed by atoms with E-state index in [-0.39, 0.29) is 11.8 Å². The van der Waals surface area contributed by atoms with Gasteiger partial charge in [-0.15, -0.1) is 0 Å². The summed E-state index contributed by atoms with van der Waals surface area (Å²) in [5.41, 5.74) is 2.39. The third-order valence-electron chi connectivity index (χ3n) is 4.78. The summed E-state index contributed by atoms with van der Waals surface area (Å²) in [6.45, 7) is 2.96. The fourth-order valence-corrected chi connectivity index (χ4v) is 3.41. The van der Waals surface area contributed by atoms with Crippen LogP contribution in [-0.4, -0.2) is 23.9 Å². The lowest BCUT2D eigenvalue weighted by atomic mass is 9.87. The van der Waals surface area contributed by atoms with Crippen molar-refractivity contribution in [1.29, 1.82) is 0 Å². The molecular weight excluding hydrogens is 327 g/mol. The van der Waals surface area contributed by atoms with Crippen molar-refractivity contribution in [2.75, 3.05) is 13.1 Å². The molecule has 2 nitrogen and oxygen atoms in total. The number of carbonyl (C=O) groups excluding carboxylic acids is 1. The lowest BCUT2D eigenvalue weighted by Gasteiger charge is -2.25. The quantitative estimate of drug-likeness (QED) is 0.775. The van der Waals surface area contributed by atoms with Gasteiger partial charge in [-0.1, -0.05) is 43.3 Å². The number of halogens is 3. The molecule has 0 fully saturated rings. The first-order valence-corrected chi connectivity index (χ1v) is 8.43. The Morgan fingerprint density at radius 2 is 1.80 bits per heavy atom. The van der Waals surface area contributed by atoms with Crippen molar-refractivity contribution in [2.24, 2.45) is 0 Å². The van der Waals surface area contributed by atoms with E-state index in [2.05, 4.69) is 0 Å². The van der Waals surface area contributed by atoms with Crippen molar-refractivity contribution in [3.8, 4) is 0 Å². The van der Waals surface area contributed by atoms with Crippen LogP contribution in [0.4, 0.5) is 13.2 Å². The standard InChI is InChI=1S/C20H20F3NO/c1-2-19(25)24-12-11-14-5-3-4-6-17(14)18(13-24)15-7-9-16(10-8-15)20(21,22)23/h3-10,18H,2,11-13H2,1H3. The number of alkyl halides is 3. The Hall–Kier alpha value is -2.30. The predicted molar refractivity (Wildman–Crippen MR) is 90.3 cm³/mol. The number of fused-ring (bicyclic) bond motifs is 1.